The molecule has 3 atom stereocenters. The van der Waals surface area contributed by atoms with Gasteiger partial charge in [-0.1, -0.05) is 36.4 Å². The zero-order valence-electron chi connectivity index (χ0n) is 19.9. The quantitative estimate of drug-likeness (QED) is 0.351. The molecule has 0 aliphatic carbocycles. The largest absolute Gasteiger partial charge is 0.496 e. The number of aliphatic hydroxyl groups excluding tert-OH is 2. The van der Waals surface area contributed by atoms with E-state index in [1.54, 1.807) is 25.1 Å². The molecular weight excluding hydrogens is 463 g/mol. The van der Waals surface area contributed by atoms with Gasteiger partial charge in [-0.05, 0) is 42.7 Å². The van der Waals surface area contributed by atoms with Crippen LogP contribution in [0.25, 0.3) is 0 Å². The Hall–Kier alpha value is -2.16. The second-order valence-corrected chi connectivity index (χ2v) is 8.32. The van der Waals surface area contributed by atoms with Crippen LogP contribution in [0.1, 0.15) is 35.6 Å². The lowest BCUT2D eigenvalue weighted by atomic mass is 10.00. The minimum Gasteiger partial charge on any atom is -0.496 e. The topological polar surface area (TPSA) is 77.4 Å². The first-order valence-corrected chi connectivity index (χ1v) is 11.6. The maximum absolute atomic E-state index is 14.9. The molecule has 0 spiro atoms. The number of aliphatic hydroxyl groups is 2. The summed E-state index contributed by atoms with van der Waals surface area (Å²) in [6.07, 6.45) is -0.318. The van der Waals surface area contributed by atoms with Gasteiger partial charge >= 0.3 is 0 Å². The smallest absolute Gasteiger partial charge is 0.133 e. The SMILES string of the molecule is C=CO[C@@H](CC(CO)OCc1ccc(Cl)c(Cc2ccc(OCC)c(C)c2F)c1)[C@@H](O)COC. The van der Waals surface area contributed by atoms with Crippen LogP contribution >= 0.6 is 11.6 Å². The van der Waals surface area contributed by atoms with Gasteiger partial charge in [0.2, 0.25) is 0 Å². The Morgan fingerprint density at radius 2 is 1.97 bits per heavy atom. The van der Waals surface area contributed by atoms with Crippen LogP contribution in [0, 0.1) is 12.7 Å². The average molecular weight is 497 g/mol. The molecule has 188 valence electrons. The lowest BCUT2D eigenvalue weighted by molar-refractivity contribution is -0.0759. The second-order valence-electron chi connectivity index (χ2n) is 7.91. The summed E-state index contributed by atoms with van der Waals surface area (Å²) in [7, 11) is 1.48. The summed E-state index contributed by atoms with van der Waals surface area (Å²) in [5.74, 6) is 0.216. The lowest BCUT2D eigenvalue weighted by Crippen LogP contribution is -2.36. The molecule has 2 rings (SSSR count). The molecule has 0 aliphatic heterocycles. The summed E-state index contributed by atoms with van der Waals surface area (Å²) < 4.78 is 36.5. The Morgan fingerprint density at radius 3 is 2.62 bits per heavy atom. The van der Waals surface area contributed by atoms with Crippen LogP contribution < -0.4 is 4.74 Å². The van der Waals surface area contributed by atoms with Gasteiger partial charge < -0.3 is 29.2 Å². The van der Waals surface area contributed by atoms with Gasteiger partial charge in [0.25, 0.3) is 0 Å². The van der Waals surface area contributed by atoms with Crippen molar-refractivity contribution in [2.45, 2.75) is 51.6 Å². The molecule has 0 saturated heterocycles. The molecule has 0 bridgehead atoms. The fourth-order valence-electron chi connectivity index (χ4n) is 3.60. The summed E-state index contributed by atoms with van der Waals surface area (Å²) in [4.78, 5) is 0. The second kappa shape index (κ2) is 14.3. The van der Waals surface area contributed by atoms with Crippen molar-refractivity contribution < 1.29 is 33.6 Å². The van der Waals surface area contributed by atoms with Crippen LogP contribution in [0.2, 0.25) is 5.02 Å². The molecule has 2 N–H and O–H groups in total. The van der Waals surface area contributed by atoms with E-state index in [9.17, 15) is 14.6 Å². The number of rotatable bonds is 15. The molecule has 0 heterocycles. The molecule has 1 unspecified atom stereocenters. The van der Waals surface area contributed by atoms with Crippen molar-refractivity contribution in [2.24, 2.45) is 0 Å². The van der Waals surface area contributed by atoms with Gasteiger partial charge in [-0.15, -0.1) is 0 Å². The molecular formula is C26H34ClFO6. The summed E-state index contributed by atoms with van der Waals surface area (Å²) in [6.45, 7) is 7.56. The van der Waals surface area contributed by atoms with Gasteiger partial charge in [-0.2, -0.15) is 0 Å². The maximum atomic E-state index is 14.9. The Morgan fingerprint density at radius 1 is 1.21 bits per heavy atom. The Balaban J connectivity index is 2.09. The third-order valence-corrected chi connectivity index (χ3v) is 5.80. The Kier molecular flexibility index (Phi) is 11.8. The van der Waals surface area contributed by atoms with Crippen molar-refractivity contribution in [3.8, 4) is 5.75 Å². The van der Waals surface area contributed by atoms with Crippen LogP contribution in [-0.2, 0) is 27.2 Å². The van der Waals surface area contributed by atoms with E-state index in [-0.39, 0.29) is 32.1 Å². The van der Waals surface area contributed by atoms with Crippen LogP contribution in [-0.4, -0.2) is 55.5 Å². The first-order valence-electron chi connectivity index (χ1n) is 11.2. The van der Waals surface area contributed by atoms with E-state index in [2.05, 4.69) is 6.58 Å². The molecule has 0 saturated carbocycles. The highest BCUT2D eigenvalue weighted by atomic mass is 35.5. The predicted molar refractivity (Wildman–Crippen MR) is 130 cm³/mol. The van der Waals surface area contributed by atoms with Gasteiger partial charge in [0, 0.05) is 30.5 Å². The van der Waals surface area contributed by atoms with Crippen LogP contribution in [0.3, 0.4) is 0 Å². The summed E-state index contributed by atoms with van der Waals surface area (Å²) in [6, 6.07) is 8.90. The minimum absolute atomic E-state index is 0.0821. The first-order chi connectivity index (χ1) is 16.3. The minimum atomic E-state index is -0.893. The maximum Gasteiger partial charge on any atom is 0.133 e. The summed E-state index contributed by atoms with van der Waals surface area (Å²) >= 11 is 6.38. The van der Waals surface area contributed by atoms with E-state index in [1.165, 1.54) is 13.4 Å². The van der Waals surface area contributed by atoms with Gasteiger partial charge in [0.05, 0.1) is 38.8 Å². The molecule has 6 nitrogen and oxygen atoms in total. The monoisotopic (exact) mass is 496 g/mol. The van der Waals surface area contributed by atoms with Gasteiger partial charge in [0.1, 0.15) is 23.8 Å². The molecule has 2 aromatic carbocycles. The van der Waals surface area contributed by atoms with E-state index in [0.717, 1.165) is 11.1 Å². The van der Waals surface area contributed by atoms with Crippen LogP contribution in [0.15, 0.2) is 43.2 Å². The molecule has 0 radical (unpaired) electrons. The van der Waals surface area contributed by atoms with Crippen LogP contribution in [0.4, 0.5) is 4.39 Å². The molecule has 34 heavy (non-hydrogen) atoms. The van der Waals surface area contributed by atoms with Crippen molar-refractivity contribution in [1.29, 1.82) is 0 Å². The van der Waals surface area contributed by atoms with Gasteiger partial charge in [0.15, 0.2) is 0 Å². The van der Waals surface area contributed by atoms with Gasteiger partial charge in [-0.25, -0.2) is 4.39 Å². The van der Waals surface area contributed by atoms with Crippen molar-refractivity contribution in [3.63, 3.8) is 0 Å². The van der Waals surface area contributed by atoms with Crippen molar-refractivity contribution >= 4 is 11.6 Å². The zero-order valence-corrected chi connectivity index (χ0v) is 20.7. The highest BCUT2D eigenvalue weighted by Gasteiger charge is 2.24. The fourth-order valence-corrected chi connectivity index (χ4v) is 3.79. The molecule has 0 fully saturated rings. The number of ether oxygens (including phenoxy) is 4. The zero-order chi connectivity index (χ0) is 25.1. The van der Waals surface area contributed by atoms with E-state index >= 15 is 0 Å². The fraction of sp³-hybridized carbons (Fsp3) is 0.462. The standard InChI is InChI=1S/C26H34ClFO6/c1-5-32-24-10-8-19(26(28)17(24)3)12-20-11-18(7-9-22(20)27)15-34-21(14-29)13-25(33-6-2)23(30)16-31-4/h6-11,21,23,25,29-30H,2,5,12-16H2,1,3-4H3/t21?,23-,25-/m0/s1. The van der Waals surface area contributed by atoms with Crippen molar-refractivity contribution in [1.82, 2.24) is 0 Å². The number of hydrogen-bond donors (Lipinski definition) is 2. The lowest BCUT2D eigenvalue weighted by Gasteiger charge is -2.26. The molecule has 2 aromatic rings. The highest BCUT2D eigenvalue weighted by molar-refractivity contribution is 6.31. The summed E-state index contributed by atoms with van der Waals surface area (Å²) in [5.41, 5.74) is 2.56. The summed E-state index contributed by atoms with van der Waals surface area (Å²) in [5, 5.41) is 20.5. The number of halogens is 2. The number of methoxy groups -OCH3 is 1. The highest BCUT2D eigenvalue weighted by Crippen LogP contribution is 2.28. The number of hydrogen-bond acceptors (Lipinski definition) is 6. The van der Waals surface area contributed by atoms with E-state index in [4.69, 9.17) is 30.5 Å². The molecule has 0 aliphatic rings. The van der Waals surface area contributed by atoms with Crippen LogP contribution in [0.5, 0.6) is 5.75 Å². The molecule has 8 heteroatoms. The molecule has 0 aromatic heterocycles. The van der Waals surface area contributed by atoms with E-state index < -0.39 is 18.3 Å². The van der Waals surface area contributed by atoms with Gasteiger partial charge in [-0.3, -0.25) is 0 Å². The Bertz CT molecular complexity index is 922. The van der Waals surface area contributed by atoms with Crippen molar-refractivity contribution in [2.75, 3.05) is 26.9 Å². The van der Waals surface area contributed by atoms with E-state index in [0.29, 0.717) is 34.9 Å². The predicted octanol–water partition coefficient (Wildman–Crippen LogP) is 4.58. The third-order valence-electron chi connectivity index (χ3n) is 5.43. The third kappa shape index (κ3) is 7.96. The van der Waals surface area contributed by atoms with Crippen molar-refractivity contribution in [3.05, 3.63) is 76.3 Å². The average Bonchev–Trinajstić information content (AvgIpc) is 2.82. The Labute approximate surface area is 205 Å². The first kappa shape index (κ1) is 28.1. The number of benzene rings is 2. The van der Waals surface area contributed by atoms with E-state index in [1.807, 2.05) is 19.1 Å². The normalized spacial score (nSPS) is 13.9. The molecule has 0 amide bonds.